The van der Waals surface area contributed by atoms with Crippen LogP contribution in [0.1, 0.15) is 66.7 Å². The van der Waals surface area contributed by atoms with Gasteiger partial charge in [0, 0.05) is 19.6 Å². The summed E-state index contributed by atoms with van der Waals surface area (Å²) >= 11 is 0. The molecule has 3 nitrogen and oxygen atoms in total. The number of fused-ring (bicyclic) bond motifs is 1. The Kier molecular flexibility index (Phi) is 6.76. The van der Waals surface area contributed by atoms with E-state index in [9.17, 15) is 35.1 Å². The molecule has 1 aromatic heterocycles. The first-order chi connectivity index (χ1) is 16.3. The van der Waals surface area contributed by atoms with E-state index in [1.54, 1.807) is 17.9 Å². The van der Waals surface area contributed by atoms with Crippen LogP contribution >= 0.6 is 0 Å². The predicted octanol–water partition coefficient (Wildman–Crippen LogP) is 7.24. The maximum absolute atomic E-state index is 13.4. The summed E-state index contributed by atoms with van der Waals surface area (Å²) in [5, 5.41) is 0. The molecule has 1 saturated carbocycles. The second-order valence-electron chi connectivity index (χ2n) is 9.19. The molecule has 0 bridgehead atoms. The highest BCUT2D eigenvalue weighted by Crippen LogP contribution is 2.47. The van der Waals surface area contributed by atoms with E-state index in [2.05, 4.69) is 4.98 Å². The molecule has 0 spiro atoms. The van der Waals surface area contributed by atoms with E-state index in [4.69, 9.17) is 0 Å². The van der Waals surface area contributed by atoms with E-state index in [-0.39, 0.29) is 30.8 Å². The monoisotopic (exact) mass is 507 g/mol. The quantitative estimate of drug-likeness (QED) is 0.385. The van der Waals surface area contributed by atoms with Crippen molar-refractivity contribution in [3.63, 3.8) is 0 Å². The maximum Gasteiger partial charge on any atom is 0.416 e. The molecule has 2 atom stereocenters. The number of benzene rings is 1. The number of pyridine rings is 1. The van der Waals surface area contributed by atoms with Gasteiger partial charge in [-0.05, 0) is 67.6 Å². The van der Waals surface area contributed by atoms with Crippen molar-refractivity contribution < 1.29 is 35.1 Å². The van der Waals surface area contributed by atoms with Crippen LogP contribution in [0.3, 0.4) is 0 Å². The summed E-state index contributed by atoms with van der Waals surface area (Å²) in [7, 11) is 1.86. The number of hydrogen-bond donors (Lipinski definition) is 0. The van der Waals surface area contributed by atoms with Gasteiger partial charge in [-0.1, -0.05) is 6.92 Å². The summed E-state index contributed by atoms with van der Waals surface area (Å²) in [5.74, 6) is 0.398. The molecular formula is C24H25F8N3. The second kappa shape index (κ2) is 9.22. The molecule has 0 saturated heterocycles. The van der Waals surface area contributed by atoms with Crippen LogP contribution in [0.15, 0.2) is 30.3 Å². The molecule has 0 N–H and O–H groups in total. The minimum Gasteiger partial charge on any atom is -0.370 e. The van der Waals surface area contributed by atoms with Crippen LogP contribution in [0.2, 0.25) is 0 Å². The molecule has 2 heterocycles. The zero-order chi connectivity index (χ0) is 25.7. The molecule has 192 valence electrons. The first-order valence-corrected chi connectivity index (χ1v) is 11.3. The van der Waals surface area contributed by atoms with Gasteiger partial charge in [0.05, 0.1) is 28.6 Å². The van der Waals surface area contributed by atoms with E-state index >= 15 is 0 Å². The fourth-order valence-corrected chi connectivity index (χ4v) is 4.92. The lowest BCUT2D eigenvalue weighted by molar-refractivity contribution is -0.143. The first-order valence-electron chi connectivity index (χ1n) is 11.3. The Morgan fingerprint density at radius 2 is 1.60 bits per heavy atom. The number of anilines is 1. The Bertz CT molecular complexity index is 1030. The van der Waals surface area contributed by atoms with Crippen LogP contribution in [0.5, 0.6) is 0 Å². The van der Waals surface area contributed by atoms with E-state index in [1.807, 2.05) is 11.9 Å². The normalized spacial score (nSPS) is 21.1. The molecule has 1 aliphatic heterocycles. The standard InChI is InChI=1S/C24H25F8N3/c1-3-35(12-13-8-15(23(27,28)29)10-16(9-13)24(30,31)32)20-11-19(14-4-5-14)34(2)18-7-6-17(22(25)26)33-21(18)20/h6-10,14,19-20,22H,3-5,11-12H2,1-2H3. The SMILES string of the molecule is CCN(Cc1cc(C(F)(F)F)cc(C(F)(F)F)c1)C1CC(C2CC2)N(C)c2ccc(C(F)F)nc21. The molecule has 1 fully saturated rings. The molecule has 4 rings (SSSR count). The fourth-order valence-electron chi connectivity index (χ4n) is 4.92. The summed E-state index contributed by atoms with van der Waals surface area (Å²) in [6.07, 6.45) is -10.2. The number of rotatable bonds is 6. The number of hydrogen-bond acceptors (Lipinski definition) is 3. The number of alkyl halides is 8. The molecule has 1 aliphatic carbocycles. The Hall–Kier alpha value is -2.43. The predicted molar refractivity (Wildman–Crippen MR) is 114 cm³/mol. The molecule has 0 radical (unpaired) electrons. The highest BCUT2D eigenvalue weighted by Gasteiger charge is 2.43. The third-order valence-electron chi connectivity index (χ3n) is 6.85. The average Bonchev–Trinajstić information content (AvgIpc) is 3.61. The van der Waals surface area contributed by atoms with Crippen molar-refractivity contribution in [2.45, 2.75) is 63.6 Å². The van der Waals surface area contributed by atoms with Crippen LogP contribution in [0.4, 0.5) is 40.8 Å². The molecular weight excluding hydrogens is 482 g/mol. The van der Waals surface area contributed by atoms with Gasteiger partial charge in [-0.2, -0.15) is 26.3 Å². The Balaban J connectivity index is 1.74. The van der Waals surface area contributed by atoms with Gasteiger partial charge in [0.15, 0.2) is 0 Å². The van der Waals surface area contributed by atoms with Crippen molar-refractivity contribution in [3.8, 4) is 0 Å². The van der Waals surface area contributed by atoms with Gasteiger partial charge in [-0.15, -0.1) is 0 Å². The van der Waals surface area contributed by atoms with Gasteiger partial charge in [-0.25, -0.2) is 13.8 Å². The number of halogens is 8. The highest BCUT2D eigenvalue weighted by atomic mass is 19.4. The minimum atomic E-state index is -4.95. The van der Waals surface area contributed by atoms with Crippen LogP contribution in [0, 0.1) is 5.92 Å². The summed E-state index contributed by atoms with van der Waals surface area (Å²) in [6, 6.07) is 3.91. The van der Waals surface area contributed by atoms with Crippen molar-refractivity contribution in [1.29, 1.82) is 0 Å². The molecule has 2 aromatic rings. The van der Waals surface area contributed by atoms with E-state index in [0.717, 1.165) is 25.0 Å². The van der Waals surface area contributed by atoms with Crippen molar-refractivity contribution >= 4 is 5.69 Å². The van der Waals surface area contributed by atoms with Crippen LogP contribution < -0.4 is 4.90 Å². The second-order valence-corrected chi connectivity index (χ2v) is 9.19. The first kappa shape index (κ1) is 25.7. The van der Waals surface area contributed by atoms with E-state index in [1.165, 1.54) is 6.07 Å². The zero-order valence-corrected chi connectivity index (χ0v) is 19.1. The number of aromatic nitrogens is 1. The third-order valence-corrected chi connectivity index (χ3v) is 6.85. The maximum atomic E-state index is 13.4. The zero-order valence-electron chi connectivity index (χ0n) is 19.1. The Labute approximate surface area is 197 Å². The van der Waals surface area contributed by atoms with Gasteiger partial charge in [0.25, 0.3) is 6.43 Å². The molecule has 2 unspecified atom stereocenters. The molecule has 35 heavy (non-hydrogen) atoms. The van der Waals surface area contributed by atoms with Crippen molar-refractivity contribution in [2.75, 3.05) is 18.5 Å². The summed E-state index contributed by atoms with van der Waals surface area (Å²) in [6.45, 7) is 1.80. The summed E-state index contributed by atoms with van der Waals surface area (Å²) in [4.78, 5) is 7.92. The van der Waals surface area contributed by atoms with Crippen LogP contribution in [0.25, 0.3) is 0 Å². The third kappa shape index (κ3) is 5.39. The van der Waals surface area contributed by atoms with Gasteiger partial charge in [0.2, 0.25) is 0 Å². The molecule has 11 heteroatoms. The van der Waals surface area contributed by atoms with Gasteiger partial charge in [-0.3, -0.25) is 4.90 Å². The number of nitrogens with zero attached hydrogens (tertiary/aromatic N) is 3. The smallest absolute Gasteiger partial charge is 0.370 e. The Morgan fingerprint density at radius 1 is 1.00 bits per heavy atom. The molecule has 0 amide bonds. The molecule has 2 aliphatic rings. The van der Waals surface area contributed by atoms with Gasteiger partial charge in [0.1, 0.15) is 5.69 Å². The van der Waals surface area contributed by atoms with Gasteiger partial charge >= 0.3 is 12.4 Å². The van der Waals surface area contributed by atoms with E-state index < -0.39 is 41.6 Å². The summed E-state index contributed by atoms with van der Waals surface area (Å²) in [5.41, 5.74) is -2.30. The Morgan fingerprint density at radius 3 is 2.09 bits per heavy atom. The molecule has 1 aromatic carbocycles. The topological polar surface area (TPSA) is 19.4 Å². The fraction of sp³-hybridized carbons (Fsp3) is 0.542. The minimum absolute atomic E-state index is 0.0768. The summed E-state index contributed by atoms with van der Waals surface area (Å²) < 4.78 is 107. The lowest BCUT2D eigenvalue weighted by Crippen LogP contribution is -2.44. The lowest BCUT2D eigenvalue weighted by atomic mass is 9.90. The van der Waals surface area contributed by atoms with Crippen LogP contribution in [-0.4, -0.2) is 29.5 Å². The largest absolute Gasteiger partial charge is 0.416 e. The van der Waals surface area contributed by atoms with Crippen LogP contribution in [-0.2, 0) is 18.9 Å². The van der Waals surface area contributed by atoms with Crippen molar-refractivity contribution in [3.05, 3.63) is 58.4 Å². The van der Waals surface area contributed by atoms with Gasteiger partial charge < -0.3 is 4.90 Å². The van der Waals surface area contributed by atoms with Crippen molar-refractivity contribution in [2.24, 2.45) is 5.92 Å². The lowest BCUT2D eigenvalue weighted by Gasteiger charge is -2.43. The average molecular weight is 507 g/mol. The van der Waals surface area contributed by atoms with Crippen molar-refractivity contribution in [1.82, 2.24) is 9.88 Å². The van der Waals surface area contributed by atoms with E-state index in [0.29, 0.717) is 23.7 Å². The highest BCUT2D eigenvalue weighted by molar-refractivity contribution is 5.55.